The molecular formula is C24H29FN4OS. The summed E-state index contributed by atoms with van der Waals surface area (Å²) in [4.78, 5) is 20.1. The number of hydrogen-bond donors (Lipinski definition) is 3. The summed E-state index contributed by atoms with van der Waals surface area (Å²) >= 11 is 1.49. The number of hydrogen-bond acceptors (Lipinski definition) is 4. The number of nitrogens with zero attached hydrogens (tertiary/aromatic N) is 1. The first-order valence-corrected chi connectivity index (χ1v) is 10.9. The largest absolute Gasteiger partial charge is 0.379 e. The summed E-state index contributed by atoms with van der Waals surface area (Å²) in [5, 5.41) is 4.40. The van der Waals surface area contributed by atoms with E-state index in [-0.39, 0.29) is 18.3 Å². The van der Waals surface area contributed by atoms with Gasteiger partial charge < -0.3 is 16.0 Å². The first kappa shape index (κ1) is 24.3. The molecule has 0 bridgehead atoms. The Labute approximate surface area is 187 Å². The number of aromatic amines is 1. The third kappa shape index (κ3) is 5.59. The van der Waals surface area contributed by atoms with E-state index in [1.165, 1.54) is 23.4 Å². The fraction of sp³-hybridized carbons (Fsp3) is 0.333. The molecule has 7 heteroatoms. The summed E-state index contributed by atoms with van der Waals surface area (Å²) in [5.74, 6) is 0.278. The van der Waals surface area contributed by atoms with Crippen LogP contribution in [0.25, 0.3) is 10.9 Å². The molecule has 2 heterocycles. The van der Waals surface area contributed by atoms with Crippen LogP contribution in [-0.4, -0.2) is 33.9 Å². The van der Waals surface area contributed by atoms with Crippen LogP contribution in [0.4, 0.5) is 4.39 Å². The number of terminal acetylenes is 1. The first-order chi connectivity index (χ1) is 14.7. The quantitative estimate of drug-likeness (QED) is 0.462. The number of rotatable bonds is 5. The Morgan fingerprint density at radius 3 is 2.81 bits per heavy atom. The minimum Gasteiger partial charge on any atom is -0.379 e. The van der Waals surface area contributed by atoms with E-state index in [4.69, 9.17) is 5.73 Å². The number of fused-ring (bicyclic) bond motifs is 1. The lowest BCUT2D eigenvalue weighted by Gasteiger charge is -2.30. The Morgan fingerprint density at radius 1 is 1.42 bits per heavy atom. The number of aromatic nitrogens is 1. The highest BCUT2D eigenvalue weighted by Gasteiger charge is 2.31. The van der Waals surface area contributed by atoms with Gasteiger partial charge in [-0.2, -0.15) is 0 Å². The topological polar surface area (TPSA) is 83.3 Å². The van der Waals surface area contributed by atoms with E-state index < -0.39 is 5.54 Å². The van der Waals surface area contributed by atoms with Crippen LogP contribution in [0, 0.1) is 26.7 Å². The van der Waals surface area contributed by atoms with Gasteiger partial charge in [-0.1, -0.05) is 23.9 Å². The van der Waals surface area contributed by atoms with Crippen LogP contribution >= 0.6 is 11.8 Å². The summed E-state index contributed by atoms with van der Waals surface area (Å²) in [6.07, 6.45) is 11.7. The zero-order valence-corrected chi connectivity index (χ0v) is 19.2. The number of benzene rings is 1. The van der Waals surface area contributed by atoms with Gasteiger partial charge in [0.15, 0.2) is 5.17 Å². The molecule has 1 amide bonds. The minimum atomic E-state index is -0.616. The molecule has 31 heavy (non-hydrogen) atoms. The maximum Gasteiger partial charge on any atom is 0.251 e. The smallest absolute Gasteiger partial charge is 0.251 e. The van der Waals surface area contributed by atoms with E-state index in [0.29, 0.717) is 16.3 Å². The highest BCUT2D eigenvalue weighted by molar-refractivity contribution is 8.13. The van der Waals surface area contributed by atoms with Gasteiger partial charge in [0.25, 0.3) is 5.91 Å². The van der Waals surface area contributed by atoms with Crippen LogP contribution in [-0.2, 0) is 0 Å². The van der Waals surface area contributed by atoms with Gasteiger partial charge in [-0.05, 0) is 63.5 Å². The van der Waals surface area contributed by atoms with Crippen LogP contribution in [0.15, 0.2) is 46.7 Å². The molecular weight excluding hydrogens is 411 g/mol. The molecule has 2 aromatic rings. The second-order valence-electron chi connectivity index (χ2n) is 7.54. The highest BCUT2D eigenvalue weighted by Crippen LogP contribution is 2.34. The minimum absolute atomic E-state index is 0.198. The Bertz CT molecular complexity index is 1080. The Kier molecular flexibility index (Phi) is 8.12. The lowest BCUT2D eigenvalue weighted by molar-refractivity contribution is 0.0958. The van der Waals surface area contributed by atoms with Crippen molar-refractivity contribution in [3.63, 3.8) is 0 Å². The summed E-state index contributed by atoms with van der Waals surface area (Å²) in [6, 6.07) is 5.58. The number of carbonyl (C=O) groups excluding carboxylic acids is 1. The van der Waals surface area contributed by atoms with Crippen LogP contribution < -0.4 is 11.1 Å². The van der Waals surface area contributed by atoms with Crippen LogP contribution in [0.5, 0.6) is 0 Å². The average molecular weight is 441 g/mol. The molecule has 1 aromatic heterocycles. The van der Waals surface area contributed by atoms with E-state index in [9.17, 15) is 9.18 Å². The number of H-pyrrole nitrogens is 1. The Hall–Kier alpha value is -2.98. The van der Waals surface area contributed by atoms with Gasteiger partial charge in [-0.3, -0.25) is 9.79 Å². The van der Waals surface area contributed by atoms with E-state index in [0.717, 1.165) is 28.8 Å². The van der Waals surface area contributed by atoms with Gasteiger partial charge in [-0.25, -0.2) is 4.39 Å². The van der Waals surface area contributed by atoms with Gasteiger partial charge in [0, 0.05) is 34.5 Å². The molecule has 0 radical (unpaired) electrons. The standard InChI is InChI=1S/C22H27FN4OS.C2H2/c1-13-15(3)26-19-12-16(7-8-17(13)19)20(28)25-10-5-6-18(23)14(2)22(4)9-11-29-21(24)27-22;1-2/h5-8,12,26H,9-11H2,1-4H3,(H2,24,27)(H,25,28);1-2H/b6-5-,18-14-;. The zero-order chi connectivity index (χ0) is 23.2. The highest BCUT2D eigenvalue weighted by atomic mass is 32.2. The van der Waals surface area contributed by atoms with E-state index in [2.05, 4.69) is 35.1 Å². The fourth-order valence-electron chi connectivity index (χ4n) is 3.37. The molecule has 0 fully saturated rings. The van der Waals surface area contributed by atoms with Crippen molar-refractivity contribution in [1.29, 1.82) is 0 Å². The Balaban J connectivity index is 0.00000166. The third-order valence-electron chi connectivity index (χ3n) is 5.58. The number of thioether (sulfide) groups is 1. The van der Waals surface area contributed by atoms with Crippen molar-refractivity contribution in [2.45, 2.75) is 39.7 Å². The molecule has 0 saturated carbocycles. The molecule has 0 aliphatic carbocycles. The van der Waals surface area contributed by atoms with Gasteiger partial charge in [-0.15, -0.1) is 12.8 Å². The maximum absolute atomic E-state index is 14.6. The molecule has 0 spiro atoms. The lowest BCUT2D eigenvalue weighted by Crippen LogP contribution is -2.32. The molecule has 1 unspecified atom stereocenters. The number of aryl methyl sites for hydroxylation is 2. The maximum atomic E-state index is 14.6. The van der Waals surface area contributed by atoms with Crippen molar-refractivity contribution in [2.24, 2.45) is 10.7 Å². The third-order valence-corrected chi connectivity index (χ3v) is 6.37. The second-order valence-corrected chi connectivity index (χ2v) is 8.66. The monoisotopic (exact) mass is 440 g/mol. The SMILES string of the molecule is C#C.C/C(=C(F)\C=C/CNC(=O)c1ccc2c(C)c(C)[nH]c2c1)C1(C)CCSC(N)=N1. The molecule has 3 rings (SSSR count). The number of aliphatic imine (C=N–C) groups is 1. The fourth-order valence-corrected chi connectivity index (χ4v) is 4.34. The summed E-state index contributed by atoms with van der Waals surface area (Å²) < 4.78 is 14.6. The number of amidine groups is 1. The molecule has 0 saturated heterocycles. The second kappa shape index (κ2) is 10.4. The van der Waals surface area contributed by atoms with E-state index >= 15 is 0 Å². The number of allylic oxidation sites excluding steroid dienone is 2. The van der Waals surface area contributed by atoms with Crippen molar-refractivity contribution in [3.8, 4) is 12.8 Å². The molecule has 1 atom stereocenters. The number of halogens is 1. The van der Waals surface area contributed by atoms with Gasteiger partial charge in [0.05, 0.1) is 5.54 Å². The molecule has 1 aromatic carbocycles. The predicted molar refractivity (Wildman–Crippen MR) is 130 cm³/mol. The number of amides is 1. The summed E-state index contributed by atoms with van der Waals surface area (Å²) in [6.45, 7) is 7.92. The molecule has 4 N–H and O–H groups in total. The predicted octanol–water partition coefficient (Wildman–Crippen LogP) is 4.77. The molecule has 164 valence electrons. The average Bonchev–Trinajstić information content (AvgIpc) is 3.04. The summed E-state index contributed by atoms with van der Waals surface area (Å²) in [7, 11) is 0. The number of nitrogens with two attached hydrogens (primary N) is 1. The van der Waals surface area contributed by atoms with Crippen LogP contribution in [0.2, 0.25) is 0 Å². The molecule has 5 nitrogen and oxygen atoms in total. The van der Waals surface area contributed by atoms with Crippen molar-refractivity contribution < 1.29 is 9.18 Å². The van der Waals surface area contributed by atoms with E-state index in [1.54, 1.807) is 19.1 Å². The van der Waals surface area contributed by atoms with Crippen LogP contribution in [0.3, 0.4) is 0 Å². The molecule has 1 aliphatic rings. The zero-order valence-electron chi connectivity index (χ0n) is 18.4. The number of carbonyl (C=O) groups is 1. The Morgan fingerprint density at radius 2 is 2.13 bits per heavy atom. The first-order valence-electron chi connectivity index (χ1n) is 9.93. The normalized spacial score (nSPS) is 19.4. The van der Waals surface area contributed by atoms with Crippen LogP contribution in [0.1, 0.15) is 41.9 Å². The van der Waals surface area contributed by atoms with Gasteiger partial charge >= 0.3 is 0 Å². The van der Waals surface area contributed by atoms with Gasteiger partial charge in [0.1, 0.15) is 5.83 Å². The van der Waals surface area contributed by atoms with E-state index in [1.807, 2.05) is 26.0 Å². The van der Waals surface area contributed by atoms with Crippen molar-refractivity contribution in [1.82, 2.24) is 10.3 Å². The van der Waals surface area contributed by atoms with Crippen molar-refractivity contribution >= 4 is 33.7 Å². The number of nitrogens with one attached hydrogen (secondary N) is 2. The molecule has 1 aliphatic heterocycles. The van der Waals surface area contributed by atoms with Crippen molar-refractivity contribution in [2.75, 3.05) is 12.3 Å². The van der Waals surface area contributed by atoms with Crippen molar-refractivity contribution in [3.05, 3.63) is 58.6 Å². The lowest BCUT2D eigenvalue weighted by atomic mass is 9.90. The summed E-state index contributed by atoms with van der Waals surface area (Å²) in [5.41, 5.74) is 9.51. The van der Waals surface area contributed by atoms with Gasteiger partial charge in [0.2, 0.25) is 0 Å².